The lowest BCUT2D eigenvalue weighted by Gasteiger charge is -1.84. The van der Waals surface area contributed by atoms with Crippen LogP contribution in [-0.2, 0) is 0 Å². The smallest absolute Gasteiger partial charge is 0.207 e. The summed E-state index contributed by atoms with van der Waals surface area (Å²) in [4.78, 5) is 9.43. The molecule has 0 aliphatic rings. The Kier molecular flexibility index (Phi) is 4.78. The molecule has 0 saturated carbocycles. The number of hydrogen-bond acceptors (Lipinski definition) is 2. The second kappa shape index (κ2) is 5.28. The molecule has 0 spiro atoms. The number of hydrogen-bond donors (Lipinski definition) is 0. The van der Waals surface area contributed by atoms with Crippen LogP contribution in [0.3, 0.4) is 0 Å². The molecule has 0 aromatic rings. The van der Waals surface area contributed by atoms with Crippen molar-refractivity contribution >= 4 is 0 Å². The molecule has 0 aromatic heterocycles. The molecule has 0 bridgehead atoms. The molecule has 3 nitrogen and oxygen atoms in total. The SMILES string of the molecule is CC/C=C\CC[N+](=O)[O-]. The molecule has 0 rings (SSSR count). The third-order valence-corrected chi connectivity index (χ3v) is 0.881. The summed E-state index contributed by atoms with van der Waals surface area (Å²) in [6.45, 7) is 2.05. The fourth-order valence-electron chi connectivity index (χ4n) is 0.464. The fraction of sp³-hybridized carbons (Fsp3) is 0.667. The highest BCUT2D eigenvalue weighted by atomic mass is 16.6. The van der Waals surface area contributed by atoms with Gasteiger partial charge in [0, 0.05) is 11.3 Å². The van der Waals surface area contributed by atoms with Gasteiger partial charge in [-0.25, -0.2) is 0 Å². The summed E-state index contributed by atoms with van der Waals surface area (Å²) in [7, 11) is 0. The Morgan fingerprint density at radius 3 is 2.67 bits per heavy atom. The van der Waals surface area contributed by atoms with Crippen molar-refractivity contribution in [1.82, 2.24) is 0 Å². The van der Waals surface area contributed by atoms with Crippen molar-refractivity contribution in [2.45, 2.75) is 19.8 Å². The lowest BCUT2D eigenvalue weighted by molar-refractivity contribution is -0.478. The highest BCUT2D eigenvalue weighted by molar-refractivity contribution is 4.79. The van der Waals surface area contributed by atoms with Gasteiger partial charge in [0.15, 0.2) is 0 Å². The van der Waals surface area contributed by atoms with Gasteiger partial charge in [0.2, 0.25) is 6.54 Å². The molecule has 0 aliphatic carbocycles. The van der Waals surface area contributed by atoms with Gasteiger partial charge in [0.25, 0.3) is 0 Å². The van der Waals surface area contributed by atoms with Crippen LogP contribution in [0.2, 0.25) is 0 Å². The molecule has 0 radical (unpaired) electrons. The molecule has 0 aliphatic heterocycles. The second-order valence-corrected chi connectivity index (χ2v) is 1.72. The highest BCUT2D eigenvalue weighted by Gasteiger charge is 1.89. The van der Waals surface area contributed by atoms with Gasteiger partial charge < -0.3 is 0 Å². The average Bonchev–Trinajstić information content (AvgIpc) is 1.80. The fourth-order valence-corrected chi connectivity index (χ4v) is 0.464. The molecule has 52 valence electrons. The molecular weight excluding hydrogens is 118 g/mol. The van der Waals surface area contributed by atoms with E-state index >= 15 is 0 Å². The van der Waals surface area contributed by atoms with E-state index in [0.717, 1.165) is 6.42 Å². The number of rotatable bonds is 4. The van der Waals surface area contributed by atoms with Crippen LogP contribution >= 0.6 is 0 Å². The quantitative estimate of drug-likeness (QED) is 0.329. The molecule has 0 amide bonds. The van der Waals surface area contributed by atoms with Crippen LogP contribution in [0.15, 0.2) is 12.2 Å². The van der Waals surface area contributed by atoms with Crippen molar-refractivity contribution in [3.8, 4) is 0 Å². The minimum atomic E-state index is -0.306. The first-order chi connectivity index (χ1) is 4.27. The second-order valence-electron chi connectivity index (χ2n) is 1.72. The first-order valence-corrected chi connectivity index (χ1v) is 3.04. The van der Waals surface area contributed by atoms with Gasteiger partial charge in [-0.3, -0.25) is 10.1 Å². The van der Waals surface area contributed by atoms with E-state index in [4.69, 9.17) is 0 Å². The third-order valence-electron chi connectivity index (χ3n) is 0.881. The van der Waals surface area contributed by atoms with Gasteiger partial charge >= 0.3 is 0 Å². The molecule has 0 atom stereocenters. The van der Waals surface area contributed by atoms with E-state index in [-0.39, 0.29) is 11.5 Å². The van der Waals surface area contributed by atoms with Crippen molar-refractivity contribution in [3.63, 3.8) is 0 Å². The predicted molar refractivity (Wildman–Crippen MR) is 35.9 cm³/mol. The molecule has 9 heavy (non-hydrogen) atoms. The van der Waals surface area contributed by atoms with Crippen LogP contribution in [0.25, 0.3) is 0 Å². The molecular formula is C6H11NO2. The molecule has 0 unspecified atom stereocenters. The van der Waals surface area contributed by atoms with Gasteiger partial charge in [0.1, 0.15) is 0 Å². The zero-order valence-electron chi connectivity index (χ0n) is 5.54. The Bertz CT molecular complexity index is 110. The summed E-state index contributed by atoms with van der Waals surface area (Å²) in [5.74, 6) is 0. The number of allylic oxidation sites excluding steroid dienone is 1. The predicted octanol–water partition coefficient (Wildman–Crippen LogP) is 1.62. The van der Waals surface area contributed by atoms with E-state index in [9.17, 15) is 10.1 Å². The van der Waals surface area contributed by atoms with Crippen molar-refractivity contribution in [2.24, 2.45) is 0 Å². The van der Waals surface area contributed by atoms with Crippen LogP contribution in [0.5, 0.6) is 0 Å². The van der Waals surface area contributed by atoms with Crippen LogP contribution in [0, 0.1) is 10.1 Å². The van der Waals surface area contributed by atoms with Gasteiger partial charge in [-0.1, -0.05) is 19.1 Å². The lowest BCUT2D eigenvalue weighted by Crippen LogP contribution is -1.97. The van der Waals surface area contributed by atoms with Gasteiger partial charge in [-0.15, -0.1) is 0 Å². The normalized spacial score (nSPS) is 10.3. The summed E-state index contributed by atoms with van der Waals surface area (Å²) < 4.78 is 0. The first kappa shape index (κ1) is 8.14. The Labute approximate surface area is 54.5 Å². The van der Waals surface area contributed by atoms with E-state index in [2.05, 4.69) is 0 Å². The van der Waals surface area contributed by atoms with E-state index in [1.807, 2.05) is 19.1 Å². The maximum atomic E-state index is 9.73. The summed E-state index contributed by atoms with van der Waals surface area (Å²) in [6, 6.07) is 0. The molecule has 0 N–H and O–H groups in total. The molecule has 0 fully saturated rings. The van der Waals surface area contributed by atoms with Crippen LogP contribution in [0.4, 0.5) is 0 Å². The largest absolute Gasteiger partial charge is 0.265 e. The number of nitrogens with zero attached hydrogens (tertiary/aromatic N) is 1. The van der Waals surface area contributed by atoms with Crippen LogP contribution in [-0.4, -0.2) is 11.5 Å². The highest BCUT2D eigenvalue weighted by Crippen LogP contribution is 1.85. The summed E-state index contributed by atoms with van der Waals surface area (Å²) in [6.07, 6.45) is 5.28. The van der Waals surface area contributed by atoms with Gasteiger partial charge in [0.05, 0.1) is 0 Å². The van der Waals surface area contributed by atoms with Crippen molar-refractivity contribution in [1.29, 1.82) is 0 Å². The Hall–Kier alpha value is -0.860. The van der Waals surface area contributed by atoms with E-state index in [1.165, 1.54) is 0 Å². The van der Waals surface area contributed by atoms with Crippen molar-refractivity contribution < 1.29 is 4.92 Å². The maximum Gasteiger partial charge on any atom is 0.207 e. The van der Waals surface area contributed by atoms with Gasteiger partial charge in [-0.2, -0.15) is 0 Å². The minimum Gasteiger partial charge on any atom is -0.265 e. The van der Waals surface area contributed by atoms with E-state index in [0.29, 0.717) is 6.42 Å². The minimum absolute atomic E-state index is 0.0521. The van der Waals surface area contributed by atoms with E-state index < -0.39 is 0 Å². The topological polar surface area (TPSA) is 43.1 Å². The number of nitro groups is 1. The maximum absolute atomic E-state index is 9.73. The average molecular weight is 129 g/mol. The summed E-state index contributed by atoms with van der Waals surface area (Å²) >= 11 is 0. The molecule has 3 heteroatoms. The first-order valence-electron chi connectivity index (χ1n) is 3.04. The molecule has 0 aromatic carbocycles. The zero-order chi connectivity index (χ0) is 7.11. The molecule has 0 heterocycles. The Morgan fingerprint density at radius 1 is 1.56 bits per heavy atom. The monoisotopic (exact) mass is 129 g/mol. The summed E-state index contributed by atoms with van der Waals surface area (Å²) in [5, 5.41) is 9.73. The summed E-state index contributed by atoms with van der Waals surface area (Å²) in [5.41, 5.74) is 0. The van der Waals surface area contributed by atoms with Gasteiger partial charge in [-0.05, 0) is 6.42 Å². The molecule has 0 saturated heterocycles. The van der Waals surface area contributed by atoms with Crippen LogP contribution in [0.1, 0.15) is 19.8 Å². The zero-order valence-corrected chi connectivity index (χ0v) is 5.54. The van der Waals surface area contributed by atoms with Crippen molar-refractivity contribution in [2.75, 3.05) is 6.54 Å². The Balaban J connectivity index is 3.09. The van der Waals surface area contributed by atoms with Crippen LogP contribution < -0.4 is 0 Å². The van der Waals surface area contributed by atoms with E-state index in [1.54, 1.807) is 0 Å². The lowest BCUT2D eigenvalue weighted by atomic mass is 10.3. The van der Waals surface area contributed by atoms with Crippen molar-refractivity contribution in [3.05, 3.63) is 22.3 Å². The standard InChI is InChI=1S/C6H11NO2/c1-2-3-4-5-6-7(8)9/h3-4H,2,5-6H2,1H3/b4-3-. The Morgan fingerprint density at radius 2 is 2.22 bits per heavy atom. The third kappa shape index (κ3) is 7.14.